The van der Waals surface area contributed by atoms with Crippen molar-refractivity contribution in [1.82, 2.24) is 9.47 Å². The van der Waals surface area contributed by atoms with E-state index in [2.05, 4.69) is 10.6 Å². The third-order valence-corrected chi connectivity index (χ3v) is 5.39. The molecule has 0 saturated carbocycles. The lowest BCUT2D eigenvalue weighted by Gasteiger charge is -2.30. The van der Waals surface area contributed by atoms with Crippen LogP contribution in [0.5, 0.6) is 5.75 Å². The normalized spacial score (nSPS) is 18.0. The van der Waals surface area contributed by atoms with Gasteiger partial charge in [0, 0.05) is 31.5 Å². The van der Waals surface area contributed by atoms with E-state index >= 15 is 0 Å². The molecule has 6 heteroatoms. The van der Waals surface area contributed by atoms with Crippen LogP contribution in [-0.4, -0.2) is 28.5 Å². The number of hydrogen-bond acceptors (Lipinski definition) is 2. The Hall–Kier alpha value is -1.65. The zero-order chi connectivity index (χ0) is 17.8. The van der Waals surface area contributed by atoms with Crippen molar-refractivity contribution in [2.75, 3.05) is 13.2 Å². The van der Waals surface area contributed by atoms with E-state index in [9.17, 15) is 4.79 Å². The van der Waals surface area contributed by atoms with E-state index in [-0.39, 0.29) is 18.6 Å². The Bertz CT molecular complexity index is 745. The van der Waals surface area contributed by atoms with Crippen molar-refractivity contribution in [3.63, 3.8) is 0 Å². The van der Waals surface area contributed by atoms with Crippen LogP contribution in [0.25, 0.3) is 0 Å². The fourth-order valence-electron chi connectivity index (χ4n) is 3.33. The van der Waals surface area contributed by atoms with Crippen molar-refractivity contribution < 1.29 is 9.53 Å². The minimum absolute atomic E-state index is 0.000766. The number of aromatic nitrogens is 1. The van der Waals surface area contributed by atoms with Gasteiger partial charge in [-0.1, -0.05) is 36.0 Å². The number of nitrogens with zero attached hydrogens (tertiary/aromatic N) is 2. The van der Waals surface area contributed by atoms with Crippen molar-refractivity contribution in [3.8, 4) is 5.75 Å². The monoisotopic (exact) mass is 380 g/mol. The topological polar surface area (TPSA) is 34.5 Å². The number of hydrogen-bond donors (Lipinski definition) is 0. The van der Waals surface area contributed by atoms with Crippen LogP contribution in [0.4, 0.5) is 0 Å². The lowest BCUT2D eigenvalue weighted by atomic mass is 10.1. The summed E-state index contributed by atoms with van der Waals surface area (Å²) in [6.07, 6.45) is 6.32. The molecule has 2 heterocycles. The molecule has 0 N–H and O–H groups in total. The number of halogens is 2. The maximum absolute atomic E-state index is 12.8. The zero-order valence-corrected chi connectivity index (χ0v) is 15.8. The molecule has 2 aromatic rings. The van der Waals surface area contributed by atoms with Gasteiger partial charge in [-0.3, -0.25) is 4.79 Å². The second kappa shape index (κ2) is 8.15. The van der Waals surface area contributed by atoms with E-state index in [1.165, 1.54) is 5.69 Å². The fourth-order valence-corrected chi connectivity index (χ4v) is 3.62. The van der Waals surface area contributed by atoms with E-state index in [1.807, 2.05) is 24.2 Å². The maximum Gasteiger partial charge on any atom is 0.261 e. The fraction of sp³-hybridized carbons (Fsp3) is 0.421. The van der Waals surface area contributed by atoms with Crippen LogP contribution in [0.15, 0.2) is 36.5 Å². The molecule has 25 heavy (non-hydrogen) atoms. The first kappa shape index (κ1) is 18.2. The van der Waals surface area contributed by atoms with Gasteiger partial charge in [-0.05, 0) is 37.1 Å². The Morgan fingerprint density at radius 1 is 1.20 bits per heavy atom. The lowest BCUT2D eigenvalue weighted by Crippen LogP contribution is -2.38. The molecule has 1 aromatic heterocycles. The Labute approximate surface area is 158 Å². The van der Waals surface area contributed by atoms with Crippen LogP contribution < -0.4 is 4.74 Å². The summed E-state index contributed by atoms with van der Waals surface area (Å²) < 4.78 is 7.75. The van der Waals surface area contributed by atoms with Gasteiger partial charge in [0.05, 0.1) is 16.1 Å². The average molecular weight is 381 g/mol. The second-order valence-electron chi connectivity index (χ2n) is 6.36. The summed E-state index contributed by atoms with van der Waals surface area (Å²) >= 11 is 11.9. The highest BCUT2D eigenvalue weighted by Crippen LogP contribution is 2.31. The van der Waals surface area contributed by atoms with Gasteiger partial charge in [-0.25, -0.2) is 0 Å². The van der Waals surface area contributed by atoms with E-state index in [0.29, 0.717) is 15.8 Å². The molecule has 1 saturated heterocycles. The smallest absolute Gasteiger partial charge is 0.261 e. The molecule has 3 rings (SSSR count). The van der Waals surface area contributed by atoms with E-state index in [4.69, 9.17) is 27.9 Å². The molecular weight excluding hydrogens is 359 g/mol. The third kappa shape index (κ3) is 4.31. The average Bonchev–Trinajstić information content (AvgIpc) is 2.88. The Morgan fingerprint density at radius 3 is 2.76 bits per heavy atom. The molecule has 1 aliphatic heterocycles. The zero-order valence-electron chi connectivity index (χ0n) is 14.3. The predicted molar refractivity (Wildman–Crippen MR) is 100 cm³/mol. The molecule has 1 aromatic carbocycles. The van der Waals surface area contributed by atoms with E-state index in [0.717, 1.165) is 32.2 Å². The molecule has 0 radical (unpaired) electrons. The first-order valence-corrected chi connectivity index (χ1v) is 9.30. The predicted octanol–water partition coefficient (Wildman–Crippen LogP) is 4.85. The Kier molecular flexibility index (Phi) is 5.92. The minimum Gasteiger partial charge on any atom is -0.484 e. The number of carbonyl (C=O) groups is 1. The number of ether oxygens (including phenoxy) is 1. The molecule has 134 valence electrons. The van der Waals surface area contributed by atoms with Crippen molar-refractivity contribution in [2.45, 2.75) is 31.7 Å². The van der Waals surface area contributed by atoms with E-state index in [1.54, 1.807) is 18.2 Å². The number of benzene rings is 1. The van der Waals surface area contributed by atoms with Gasteiger partial charge in [0.2, 0.25) is 0 Å². The van der Waals surface area contributed by atoms with Crippen molar-refractivity contribution in [2.24, 2.45) is 7.05 Å². The molecule has 1 atom stereocenters. The third-order valence-electron chi connectivity index (χ3n) is 4.65. The van der Waals surface area contributed by atoms with Crippen LogP contribution in [0.1, 0.15) is 37.4 Å². The minimum atomic E-state index is -0.00111. The molecule has 1 amide bonds. The lowest BCUT2D eigenvalue weighted by molar-refractivity contribution is -0.136. The summed E-state index contributed by atoms with van der Waals surface area (Å²) in [6.45, 7) is 0.762. The summed E-state index contributed by atoms with van der Waals surface area (Å²) in [5.41, 5.74) is 1.17. The van der Waals surface area contributed by atoms with Crippen LogP contribution in [0.3, 0.4) is 0 Å². The first-order valence-electron chi connectivity index (χ1n) is 8.55. The van der Waals surface area contributed by atoms with Gasteiger partial charge >= 0.3 is 0 Å². The highest BCUT2D eigenvalue weighted by atomic mass is 35.5. The number of likely N-dealkylation sites (tertiary alicyclic amines) is 1. The molecule has 0 unspecified atom stereocenters. The molecule has 0 aliphatic carbocycles. The van der Waals surface area contributed by atoms with Gasteiger partial charge in [-0.15, -0.1) is 0 Å². The quantitative estimate of drug-likeness (QED) is 0.759. The summed E-state index contributed by atoms with van der Waals surface area (Å²) in [5.74, 6) is 0.548. The number of carbonyl (C=O) groups excluding carboxylic acids is 1. The van der Waals surface area contributed by atoms with Crippen LogP contribution >= 0.6 is 23.2 Å². The highest BCUT2D eigenvalue weighted by Gasteiger charge is 2.28. The second-order valence-corrected chi connectivity index (χ2v) is 7.18. The van der Waals surface area contributed by atoms with Crippen LogP contribution in [-0.2, 0) is 11.8 Å². The van der Waals surface area contributed by atoms with Crippen molar-refractivity contribution in [1.29, 1.82) is 0 Å². The van der Waals surface area contributed by atoms with Crippen LogP contribution in [0, 0.1) is 0 Å². The number of rotatable bonds is 4. The highest BCUT2D eigenvalue weighted by molar-refractivity contribution is 6.42. The molecule has 4 nitrogen and oxygen atoms in total. The Morgan fingerprint density at radius 2 is 2.04 bits per heavy atom. The SMILES string of the molecule is Cn1cccc1[C@@H]1CCCCCN1C(=O)COc1ccc(Cl)c(Cl)c1. The van der Waals surface area contributed by atoms with Crippen LogP contribution in [0.2, 0.25) is 10.0 Å². The Balaban J connectivity index is 1.71. The van der Waals surface area contributed by atoms with Crippen molar-refractivity contribution >= 4 is 29.1 Å². The van der Waals surface area contributed by atoms with Gasteiger partial charge in [0.25, 0.3) is 5.91 Å². The molecule has 0 spiro atoms. The summed E-state index contributed by atoms with van der Waals surface area (Å²) in [5, 5.41) is 0.889. The number of aryl methyl sites for hydroxylation is 1. The maximum atomic E-state index is 12.8. The van der Waals surface area contributed by atoms with E-state index < -0.39 is 0 Å². The molecule has 1 aliphatic rings. The van der Waals surface area contributed by atoms with Gasteiger partial charge < -0.3 is 14.2 Å². The number of amides is 1. The van der Waals surface area contributed by atoms with Crippen molar-refractivity contribution in [3.05, 3.63) is 52.3 Å². The largest absolute Gasteiger partial charge is 0.484 e. The van der Waals surface area contributed by atoms with Gasteiger partial charge in [0.1, 0.15) is 5.75 Å². The van der Waals surface area contributed by atoms with Gasteiger partial charge in [0.15, 0.2) is 6.61 Å². The molecular formula is C19H22Cl2N2O2. The van der Waals surface area contributed by atoms with Gasteiger partial charge in [-0.2, -0.15) is 0 Å². The molecule has 1 fully saturated rings. The summed E-state index contributed by atoms with van der Waals surface area (Å²) in [4.78, 5) is 14.8. The summed E-state index contributed by atoms with van der Waals surface area (Å²) in [7, 11) is 2.02. The molecule has 0 bridgehead atoms. The standard InChI is InChI=1S/C19H22Cl2N2O2/c1-22-10-5-7-17(22)18-6-3-2-4-11-23(18)19(24)13-25-14-8-9-15(20)16(21)12-14/h5,7-10,12,18H,2-4,6,11,13H2,1H3/t18-/m0/s1. The summed E-state index contributed by atoms with van der Waals surface area (Å²) in [6, 6.07) is 9.24. The first-order chi connectivity index (χ1) is 12.1.